The van der Waals surface area contributed by atoms with E-state index in [1.807, 2.05) is 24.3 Å². The molecule has 0 bridgehead atoms. The number of carbonyl (C=O) groups is 2. The van der Waals surface area contributed by atoms with Crippen LogP contribution >= 0.6 is 0 Å². The highest BCUT2D eigenvalue weighted by Gasteiger charge is 2.23. The van der Waals surface area contributed by atoms with Crippen molar-refractivity contribution in [1.29, 1.82) is 0 Å². The number of carbonyl (C=O) groups excluding carboxylic acids is 2. The van der Waals surface area contributed by atoms with Crippen molar-refractivity contribution in [3.05, 3.63) is 72.4 Å². The minimum Gasteiger partial charge on any atom is -0.368 e. The summed E-state index contributed by atoms with van der Waals surface area (Å²) in [5.41, 5.74) is 6.35. The number of amides is 2. The second-order valence-corrected chi connectivity index (χ2v) is 8.37. The van der Waals surface area contributed by atoms with Gasteiger partial charge in [-0.05, 0) is 30.7 Å². The standard InChI is InChI=1S/C20H19N3O4S/c21-19(24)18(10-11-28(26,27)16-7-2-1-3-8-16)23-20(25)15-12-14-6-4-5-9-17(14)22-13-15/h1-9,12-13,18H,10-11H2,(H2,21,24)(H,23,25)/t18-/m1/s1. The third-order valence-corrected chi connectivity index (χ3v) is 6.04. The van der Waals surface area contributed by atoms with Crippen LogP contribution in [0.1, 0.15) is 16.8 Å². The summed E-state index contributed by atoms with van der Waals surface area (Å²) in [6.07, 6.45) is 1.27. The van der Waals surface area contributed by atoms with E-state index in [9.17, 15) is 18.0 Å². The predicted octanol–water partition coefficient (Wildman–Crippen LogP) is 1.68. The van der Waals surface area contributed by atoms with Crippen molar-refractivity contribution in [3.8, 4) is 0 Å². The van der Waals surface area contributed by atoms with Crippen LogP contribution in [-0.4, -0.2) is 37.0 Å². The number of hydrogen-bond donors (Lipinski definition) is 2. The maximum absolute atomic E-state index is 12.5. The van der Waals surface area contributed by atoms with E-state index in [2.05, 4.69) is 10.3 Å². The molecule has 1 atom stereocenters. The second-order valence-electron chi connectivity index (χ2n) is 6.27. The minimum atomic E-state index is -3.59. The molecule has 1 heterocycles. The normalized spacial score (nSPS) is 12.4. The predicted molar refractivity (Wildman–Crippen MR) is 105 cm³/mol. The van der Waals surface area contributed by atoms with E-state index in [-0.39, 0.29) is 22.6 Å². The molecule has 0 saturated carbocycles. The Bertz CT molecular complexity index is 1110. The average Bonchev–Trinajstić information content (AvgIpc) is 2.71. The number of aromatic nitrogens is 1. The number of para-hydroxylation sites is 1. The lowest BCUT2D eigenvalue weighted by Crippen LogP contribution is -2.45. The zero-order valence-electron chi connectivity index (χ0n) is 14.9. The fraction of sp³-hybridized carbons (Fsp3) is 0.150. The fourth-order valence-corrected chi connectivity index (χ4v) is 4.09. The Kier molecular flexibility index (Phi) is 5.70. The van der Waals surface area contributed by atoms with Crippen LogP contribution in [0.4, 0.5) is 0 Å². The van der Waals surface area contributed by atoms with Gasteiger partial charge in [0.25, 0.3) is 5.91 Å². The molecule has 28 heavy (non-hydrogen) atoms. The summed E-state index contributed by atoms with van der Waals surface area (Å²) in [6, 6.07) is 15.7. The van der Waals surface area contributed by atoms with Gasteiger partial charge in [0.1, 0.15) is 6.04 Å². The molecule has 3 N–H and O–H groups in total. The van der Waals surface area contributed by atoms with Crippen LogP contribution in [0, 0.1) is 0 Å². The van der Waals surface area contributed by atoms with E-state index in [0.29, 0.717) is 0 Å². The Morgan fingerprint density at radius 1 is 1.04 bits per heavy atom. The van der Waals surface area contributed by atoms with Crippen LogP contribution in [0.3, 0.4) is 0 Å². The minimum absolute atomic E-state index is 0.126. The summed E-state index contributed by atoms with van der Waals surface area (Å²) < 4.78 is 24.8. The molecule has 8 heteroatoms. The summed E-state index contributed by atoms with van der Waals surface area (Å²) in [4.78, 5) is 28.6. The fourth-order valence-electron chi connectivity index (χ4n) is 2.74. The molecule has 144 valence electrons. The van der Waals surface area contributed by atoms with Crippen molar-refractivity contribution in [2.24, 2.45) is 5.73 Å². The van der Waals surface area contributed by atoms with E-state index in [0.717, 1.165) is 10.9 Å². The molecule has 1 aromatic heterocycles. The number of nitrogens with zero attached hydrogens (tertiary/aromatic N) is 1. The summed E-state index contributed by atoms with van der Waals surface area (Å²) in [5.74, 6) is -1.66. The quantitative estimate of drug-likeness (QED) is 0.629. The molecule has 7 nitrogen and oxygen atoms in total. The van der Waals surface area contributed by atoms with Crippen molar-refractivity contribution in [1.82, 2.24) is 10.3 Å². The number of rotatable bonds is 7. The van der Waals surface area contributed by atoms with Crippen molar-refractivity contribution in [3.63, 3.8) is 0 Å². The van der Waals surface area contributed by atoms with Gasteiger partial charge < -0.3 is 11.1 Å². The van der Waals surface area contributed by atoms with Crippen LogP contribution in [-0.2, 0) is 14.6 Å². The topological polar surface area (TPSA) is 119 Å². The Morgan fingerprint density at radius 2 is 1.71 bits per heavy atom. The van der Waals surface area contributed by atoms with Crippen LogP contribution in [0.2, 0.25) is 0 Å². The van der Waals surface area contributed by atoms with Crippen molar-refractivity contribution in [2.45, 2.75) is 17.4 Å². The summed E-state index contributed by atoms with van der Waals surface area (Å²) >= 11 is 0. The van der Waals surface area contributed by atoms with Gasteiger partial charge in [0.05, 0.1) is 21.7 Å². The number of pyridine rings is 1. The zero-order chi connectivity index (χ0) is 20.1. The van der Waals surface area contributed by atoms with Gasteiger partial charge in [0.15, 0.2) is 9.84 Å². The number of primary amides is 1. The first-order valence-electron chi connectivity index (χ1n) is 8.59. The Morgan fingerprint density at radius 3 is 2.43 bits per heavy atom. The second kappa shape index (κ2) is 8.18. The first-order chi connectivity index (χ1) is 13.4. The van der Waals surface area contributed by atoms with Gasteiger partial charge in [0, 0.05) is 11.6 Å². The Labute approximate surface area is 162 Å². The number of fused-ring (bicyclic) bond motifs is 1. The van der Waals surface area contributed by atoms with E-state index >= 15 is 0 Å². The number of nitrogens with one attached hydrogen (secondary N) is 1. The summed E-state index contributed by atoms with van der Waals surface area (Å²) in [7, 11) is -3.59. The van der Waals surface area contributed by atoms with Gasteiger partial charge in [-0.25, -0.2) is 8.42 Å². The van der Waals surface area contributed by atoms with Crippen molar-refractivity contribution >= 4 is 32.6 Å². The van der Waals surface area contributed by atoms with Crippen LogP contribution in [0.15, 0.2) is 71.8 Å². The van der Waals surface area contributed by atoms with E-state index < -0.39 is 27.7 Å². The van der Waals surface area contributed by atoms with Crippen LogP contribution < -0.4 is 11.1 Å². The number of sulfone groups is 1. The van der Waals surface area contributed by atoms with Gasteiger partial charge in [-0.2, -0.15) is 0 Å². The maximum atomic E-state index is 12.5. The lowest BCUT2D eigenvalue weighted by molar-refractivity contribution is -0.119. The molecule has 0 aliphatic rings. The van der Waals surface area contributed by atoms with Gasteiger partial charge >= 0.3 is 0 Å². The highest BCUT2D eigenvalue weighted by Crippen LogP contribution is 2.14. The molecular formula is C20H19N3O4S. The lowest BCUT2D eigenvalue weighted by atomic mass is 10.1. The Hall–Kier alpha value is -3.26. The third-order valence-electron chi connectivity index (χ3n) is 4.28. The van der Waals surface area contributed by atoms with Crippen LogP contribution in [0.25, 0.3) is 10.9 Å². The molecular weight excluding hydrogens is 378 g/mol. The van der Waals surface area contributed by atoms with E-state index in [1.165, 1.54) is 18.3 Å². The first kappa shape index (κ1) is 19.5. The average molecular weight is 397 g/mol. The highest BCUT2D eigenvalue weighted by molar-refractivity contribution is 7.91. The van der Waals surface area contributed by atoms with Gasteiger partial charge in [-0.3, -0.25) is 14.6 Å². The van der Waals surface area contributed by atoms with Crippen LogP contribution in [0.5, 0.6) is 0 Å². The molecule has 0 radical (unpaired) electrons. The highest BCUT2D eigenvalue weighted by atomic mass is 32.2. The number of nitrogens with two attached hydrogens (primary N) is 1. The maximum Gasteiger partial charge on any atom is 0.253 e. The van der Waals surface area contributed by atoms with Gasteiger partial charge in [-0.15, -0.1) is 0 Å². The SMILES string of the molecule is NC(=O)[C@@H](CCS(=O)(=O)c1ccccc1)NC(=O)c1cnc2ccccc2c1. The van der Waals surface area contributed by atoms with Gasteiger partial charge in [0.2, 0.25) is 5.91 Å². The molecule has 0 aliphatic carbocycles. The molecule has 0 unspecified atom stereocenters. The molecule has 0 saturated heterocycles. The van der Waals surface area contributed by atoms with Crippen molar-refractivity contribution < 1.29 is 18.0 Å². The Balaban J connectivity index is 1.71. The lowest BCUT2D eigenvalue weighted by Gasteiger charge is -2.15. The molecule has 2 amide bonds. The molecule has 0 fully saturated rings. The molecule has 3 aromatic rings. The third kappa shape index (κ3) is 4.52. The number of benzene rings is 2. The largest absolute Gasteiger partial charge is 0.368 e. The summed E-state index contributed by atoms with van der Waals surface area (Å²) in [5, 5.41) is 3.28. The molecule has 2 aromatic carbocycles. The van der Waals surface area contributed by atoms with E-state index in [1.54, 1.807) is 24.3 Å². The van der Waals surface area contributed by atoms with E-state index in [4.69, 9.17) is 5.73 Å². The molecule has 0 aliphatic heterocycles. The van der Waals surface area contributed by atoms with Gasteiger partial charge in [-0.1, -0.05) is 36.4 Å². The van der Waals surface area contributed by atoms with Crippen molar-refractivity contribution in [2.75, 3.05) is 5.75 Å². The molecule has 0 spiro atoms. The first-order valence-corrected chi connectivity index (χ1v) is 10.2. The zero-order valence-corrected chi connectivity index (χ0v) is 15.7. The number of hydrogen-bond acceptors (Lipinski definition) is 5. The summed E-state index contributed by atoms with van der Waals surface area (Å²) in [6.45, 7) is 0. The molecule has 3 rings (SSSR count). The smallest absolute Gasteiger partial charge is 0.253 e. The monoisotopic (exact) mass is 397 g/mol.